The van der Waals surface area contributed by atoms with Crippen molar-refractivity contribution in [2.45, 2.75) is 6.54 Å². The molecule has 0 radical (unpaired) electrons. The molecule has 0 aliphatic heterocycles. The van der Waals surface area contributed by atoms with Gasteiger partial charge in [0.15, 0.2) is 0 Å². The number of rotatable bonds is 5. The molecule has 1 aromatic carbocycles. The topological polar surface area (TPSA) is 81.2 Å². The first-order valence-electron chi connectivity index (χ1n) is 4.48. The summed E-state index contributed by atoms with van der Waals surface area (Å²) in [7, 11) is 0. The van der Waals surface area contributed by atoms with Crippen LogP contribution in [0.15, 0.2) is 18.2 Å². The smallest absolute Gasteiger partial charge is 0.272 e. The Kier molecular flexibility index (Phi) is 4.14. The summed E-state index contributed by atoms with van der Waals surface area (Å²) in [5.74, 6) is -0.603. The second-order valence-electron chi connectivity index (χ2n) is 3.04. The van der Waals surface area contributed by atoms with Gasteiger partial charge in [-0.25, -0.2) is 4.39 Å². The van der Waals surface area contributed by atoms with Crippen molar-refractivity contribution >= 4 is 5.69 Å². The van der Waals surface area contributed by atoms with Crippen LogP contribution in [0.5, 0.6) is 0 Å². The van der Waals surface area contributed by atoms with Gasteiger partial charge in [0.25, 0.3) is 5.69 Å². The lowest BCUT2D eigenvalue weighted by Crippen LogP contribution is -2.21. The van der Waals surface area contributed by atoms with Crippen LogP contribution in [0.3, 0.4) is 0 Å². The highest BCUT2D eigenvalue weighted by atomic mass is 19.1. The molecule has 82 valence electrons. The minimum atomic E-state index is -0.616. The van der Waals surface area contributed by atoms with Gasteiger partial charge in [-0.3, -0.25) is 10.1 Å². The maximum absolute atomic E-state index is 12.9. The van der Waals surface area contributed by atoms with E-state index in [1.807, 2.05) is 0 Å². The van der Waals surface area contributed by atoms with Crippen LogP contribution in [0.2, 0.25) is 0 Å². The number of nitrogens with two attached hydrogens (primary N) is 1. The van der Waals surface area contributed by atoms with Gasteiger partial charge >= 0.3 is 0 Å². The highest BCUT2D eigenvalue weighted by Crippen LogP contribution is 2.15. The quantitative estimate of drug-likeness (QED) is 0.430. The normalized spacial score (nSPS) is 10.3. The van der Waals surface area contributed by atoms with E-state index < -0.39 is 10.7 Å². The van der Waals surface area contributed by atoms with Crippen molar-refractivity contribution in [1.29, 1.82) is 0 Å². The molecule has 6 heteroatoms. The van der Waals surface area contributed by atoms with Crippen LogP contribution in [0.4, 0.5) is 10.1 Å². The van der Waals surface area contributed by atoms with Gasteiger partial charge in [-0.2, -0.15) is 0 Å². The molecule has 15 heavy (non-hydrogen) atoms. The molecule has 0 unspecified atom stereocenters. The molecule has 0 heterocycles. The molecule has 1 aromatic rings. The Morgan fingerprint density at radius 3 is 2.80 bits per heavy atom. The summed E-state index contributed by atoms with van der Waals surface area (Å²) in [6.07, 6.45) is 0. The Labute approximate surface area is 86.2 Å². The van der Waals surface area contributed by atoms with Gasteiger partial charge in [-0.15, -0.1) is 0 Å². The summed E-state index contributed by atoms with van der Waals surface area (Å²) in [6.45, 7) is 1.43. The van der Waals surface area contributed by atoms with Crippen molar-refractivity contribution in [1.82, 2.24) is 5.32 Å². The number of halogens is 1. The summed E-state index contributed by atoms with van der Waals surface area (Å²) in [6, 6.07) is 3.50. The Balaban J connectivity index is 2.75. The molecule has 0 fully saturated rings. The SMILES string of the molecule is NCCNCc1cc(F)cc([N+](=O)[O-])c1. The lowest BCUT2D eigenvalue weighted by atomic mass is 10.2. The van der Waals surface area contributed by atoms with Crippen LogP contribution in [-0.2, 0) is 6.54 Å². The molecule has 5 nitrogen and oxygen atoms in total. The Bertz CT molecular complexity index is 357. The summed E-state index contributed by atoms with van der Waals surface area (Å²) in [5.41, 5.74) is 5.56. The van der Waals surface area contributed by atoms with Gasteiger partial charge in [0, 0.05) is 25.7 Å². The van der Waals surface area contributed by atoms with E-state index in [2.05, 4.69) is 5.32 Å². The Morgan fingerprint density at radius 2 is 2.20 bits per heavy atom. The molecular weight excluding hydrogens is 201 g/mol. The maximum Gasteiger partial charge on any atom is 0.272 e. The molecule has 0 atom stereocenters. The van der Waals surface area contributed by atoms with E-state index in [4.69, 9.17) is 5.73 Å². The third-order valence-corrected chi connectivity index (χ3v) is 1.80. The van der Waals surface area contributed by atoms with E-state index in [1.54, 1.807) is 0 Å². The number of nitro groups is 1. The average molecular weight is 213 g/mol. The van der Waals surface area contributed by atoms with E-state index >= 15 is 0 Å². The molecule has 0 aromatic heterocycles. The van der Waals surface area contributed by atoms with Gasteiger partial charge in [0.05, 0.1) is 11.0 Å². The summed E-state index contributed by atoms with van der Waals surface area (Å²) < 4.78 is 12.9. The number of nitro benzene ring substituents is 1. The number of non-ortho nitro benzene ring substituents is 1. The Hall–Kier alpha value is -1.53. The molecule has 0 aliphatic carbocycles. The van der Waals surface area contributed by atoms with Crippen molar-refractivity contribution in [3.05, 3.63) is 39.7 Å². The predicted octanol–water partition coefficient (Wildman–Crippen LogP) is 0.782. The molecule has 1 rings (SSSR count). The van der Waals surface area contributed by atoms with Crippen molar-refractivity contribution in [2.75, 3.05) is 13.1 Å². The van der Waals surface area contributed by atoms with Crippen molar-refractivity contribution in [3.63, 3.8) is 0 Å². The van der Waals surface area contributed by atoms with Gasteiger partial charge in [0.2, 0.25) is 0 Å². The third-order valence-electron chi connectivity index (χ3n) is 1.80. The fraction of sp³-hybridized carbons (Fsp3) is 0.333. The predicted molar refractivity (Wildman–Crippen MR) is 53.8 cm³/mol. The van der Waals surface area contributed by atoms with E-state index in [0.29, 0.717) is 25.2 Å². The van der Waals surface area contributed by atoms with Gasteiger partial charge in [-0.05, 0) is 11.6 Å². The highest BCUT2D eigenvalue weighted by Gasteiger charge is 2.09. The van der Waals surface area contributed by atoms with Crippen LogP contribution in [0.1, 0.15) is 5.56 Å². The summed E-state index contributed by atoms with van der Waals surface area (Å²) >= 11 is 0. The zero-order valence-electron chi connectivity index (χ0n) is 8.07. The molecular formula is C9H12FN3O2. The van der Waals surface area contributed by atoms with Crippen LogP contribution in [-0.4, -0.2) is 18.0 Å². The number of nitrogens with zero attached hydrogens (tertiary/aromatic N) is 1. The molecule has 0 saturated heterocycles. The fourth-order valence-electron chi connectivity index (χ4n) is 1.18. The van der Waals surface area contributed by atoms with Gasteiger partial charge in [0.1, 0.15) is 5.82 Å². The van der Waals surface area contributed by atoms with Crippen LogP contribution >= 0.6 is 0 Å². The van der Waals surface area contributed by atoms with E-state index in [9.17, 15) is 14.5 Å². The first-order valence-corrected chi connectivity index (χ1v) is 4.48. The lowest BCUT2D eigenvalue weighted by molar-refractivity contribution is -0.385. The Morgan fingerprint density at radius 1 is 1.47 bits per heavy atom. The third kappa shape index (κ3) is 3.61. The van der Waals surface area contributed by atoms with Crippen molar-refractivity contribution < 1.29 is 9.31 Å². The largest absolute Gasteiger partial charge is 0.329 e. The molecule has 0 amide bonds. The zero-order valence-corrected chi connectivity index (χ0v) is 8.07. The molecule has 0 bridgehead atoms. The van der Waals surface area contributed by atoms with Gasteiger partial charge in [-0.1, -0.05) is 0 Å². The molecule has 0 saturated carbocycles. The second kappa shape index (κ2) is 5.38. The number of nitrogens with one attached hydrogen (secondary N) is 1. The average Bonchev–Trinajstić information content (AvgIpc) is 2.17. The standard InChI is InChI=1S/C9H12FN3O2/c10-8-3-7(6-12-2-1-11)4-9(5-8)13(14)15/h3-5,12H,1-2,6,11H2. The van der Waals surface area contributed by atoms with Crippen LogP contribution in [0, 0.1) is 15.9 Å². The lowest BCUT2D eigenvalue weighted by Gasteiger charge is -2.03. The minimum Gasteiger partial charge on any atom is -0.329 e. The van der Waals surface area contributed by atoms with Crippen LogP contribution < -0.4 is 11.1 Å². The number of hydrogen-bond donors (Lipinski definition) is 2. The minimum absolute atomic E-state index is 0.237. The van der Waals surface area contributed by atoms with E-state index in [-0.39, 0.29) is 5.69 Å². The first kappa shape index (κ1) is 11.5. The number of benzene rings is 1. The van der Waals surface area contributed by atoms with Crippen LogP contribution in [0.25, 0.3) is 0 Å². The van der Waals surface area contributed by atoms with E-state index in [1.165, 1.54) is 12.1 Å². The number of hydrogen-bond acceptors (Lipinski definition) is 4. The zero-order chi connectivity index (χ0) is 11.3. The molecule has 0 aliphatic rings. The fourth-order valence-corrected chi connectivity index (χ4v) is 1.18. The summed E-state index contributed by atoms with van der Waals surface area (Å²) in [5, 5.41) is 13.4. The van der Waals surface area contributed by atoms with E-state index in [0.717, 1.165) is 6.07 Å². The highest BCUT2D eigenvalue weighted by molar-refractivity contribution is 5.35. The summed E-state index contributed by atoms with van der Waals surface area (Å²) in [4.78, 5) is 9.82. The molecule has 3 N–H and O–H groups in total. The molecule has 0 spiro atoms. The first-order chi connectivity index (χ1) is 7.13. The monoisotopic (exact) mass is 213 g/mol. The second-order valence-corrected chi connectivity index (χ2v) is 3.04. The maximum atomic E-state index is 12.9. The van der Waals surface area contributed by atoms with Crippen molar-refractivity contribution in [2.24, 2.45) is 5.73 Å². The van der Waals surface area contributed by atoms with Crippen molar-refractivity contribution in [3.8, 4) is 0 Å². The van der Waals surface area contributed by atoms with Gasteiger partial charge < -0.3 is 11.1 Å².